The van der Waals surface area contributed by atoms with E-state index in [1.54, 1.807) is 22.8 Å². The Hall–Kier alpha value is 2.09. The van der Waals surface area contributed by atoms with Gasteiger partial charge in [-0.1, -0.05) is 363 Å². The van der Waals surface area contributed by atoms with Crippen LogP contribution in [0.1, 0.15) is 362 Å². The molecule has 76 heavy (non-hydrogen) atoms. The highest BCUT2D eigenvalue weighted by Crippen LogP contribution is 2.54. The summed E-state index contributed by atoms with van der Waals surface area (Å²) in [5, 5.41) is 0.735. The van der Waals surface area contributed by atoms with Crippen LogP contribution in [0, 0.1) is 0 Å². The van der Waals surface area contributed by atoms with E-state index in [1.807, 2.05) is 29.7 Å². The number of rotatable bonds is 66. The topological polar surface area (TPSA) is 47.6 Å². The van der Waals surface area contributed by atoms with E-state index in [9.17, 15) is 4.79 Å². The number of hydrogen-bond donors (Lipinski definition) is 1. The number of hydrogen-bond acceptors (Lipinski definition) is 9. The van der Waals surface area contributed by atoms with Crippen LogP contribution in [0.15, 0.2) is 0 Å². The van der Waals surface area contributed by atoms with E-state index >= 15 is 0 Å². The Bertz CT molecular complexity index is 1210. The maximum absolute atomic E-state index is 13.3. The number of ether oxygens (including phenoxy) is 2. The zero-order chi connectivity index (χ0) is 55.3. The Morgan fingerprint density at radius 3 is 1.05 bits per heavy atom. The molecular weight excluding hydrogens is 1090 g/mol. The van der Waals surface area contributed by atoms with Gasteiger partial charge in [0.2, 0.25) is 5.91 Å². The highest BCUT2D eigenvalue weighted by atomic mass is 33.2. The fourth-order valence-corrected chi connectivity index (χ4v) is 24.9. The molecule has 4 nitrogen and oxygen atoms in total. The highest BCUT2D eigenvalue weighted by molar-refractivity contribution is 8.94. The lowest BCUT2D eigenvalue weighted by Gasteiger charge is -2.19. The summed E-state index contributed by atoms with van der Waals surface area (Å²) in [5.74, 6) is 1.73. The van der Waals surface area contributed by atoms with E-state index in [4.69, 9.17) is 33.1 Å². The summed E-state index contributed by atoms with van der Waals surface area (Å²) >= 11 is 19.4. The first-order chi connectivity index (χ1) is 37.4. The van der Waals surface area contributed by atoms with E-state index in [2.05, 4.69) is 33.0 Å². The quantitative estimate of drug-likeness (QED) is 0.0365. The lowest BCUT2D eigenvalue weighted by Crippen LogP contribution is -2.29. The molecular formula is C64H131NO3P2S6. The van der Waals surface area contributed by atoms with Crippen LogP contribution in [0.5, 0.6) is 0 Å². The zero-order valence-electron chi connectivity index (χ0n) is 51.3. The average Bonchev–Trinajstić information content (AvgIpc) is 3.41. The van der Waals surface area contributed by atoms with Gasteiger partial charge in [0.25, 0.3) is 0 Å². The highest BCUT2D eigenvalue weighted by Gasteiger charge is 2.18. The van der Waals surface area contributed by atoms with Gasteiger partial charge in [-0.05, 0) is 45.4 Å². The van der Waals surface area contributed by atoms with Crippen LogP contribution in [-0.4, -0.2) is 47.5 Å². The first-order valence-corrected chi connectivity index (χ1v) is 45.4. The maximum Gasteiger partial charge on any atom is 0.233 e. The van der Waals surface area contributed by atoms with Crippen molar-refractivity contribution in [1.82, 2.24) is 5.32 Å². The largest absolute Gasteiger partial charge is 0.378 e. The molecule has 12 heteroatoms. The Morgan fingerprint density at radius 2 is 0.684 bits per heavy atom. The molecule has 5 atom stereocenters. The summed E-state index contributed by atoms with van der Waals surface area (Å²) < 4.78 is 13.2. The fraction of sp³-hybridized carbons (Fsp3) is 0.984. The summed E-state index contributed by atoms with van der Waals surface area (Å²) in [7, 11) is 0. The third-order valence-corrected chi connectivity index (χ3v) is 31.2. The molecule has 0 saturated heterocycles. The summed E-state index contributed by atoms with van der Waals surface area (Å²) in [6.07, 6.45) is 69.7. The number of amides is 1. The number of carbonyl (C=O) groups is 1. The molecule has 0 radical (unpaired) electrons. The third-order valence-electron chi connectivity index (χ3n) is 15.3. The monoisotopic (exact) mass is 1220 g/mol. The standard InChI is InChI=1S/C64H131NO3P2S6/c1-6-10-14-18-22-26-30-33-36-40-44-48-52-57-67-62(54-50-46-42-38-29-25-21-17-13-9-4)56-59-73-69(71)75-61(5)64(66)65-60-74-70(72)76-63(55-51-47-43-39-35-32-28-24-20-16-12-8-3)68-58-53-49-45-41-37-34-31-27-23-19-15-11-7-2/h61-63,69-70H,6-60H2,1-5H3,(H,65,66). The van der Waals surface area contributed by atoms with Gasteiger partial charge in [0.05, 0.1) is 17.2 Å². The number of carbonyl (C=O) groups excluding carboxylic acids is 1. The van der Waals surface area contributed by atoms with Crippen molar-refractivity contribution in [2.45, 2.75) is 379 Å². The van der Waals surface area contributed by atoms with Gasteiger partial charge in [-0.3, -0.25) is 4.79 Å². The van der Waals surface area contributed by atoms with Crippen molar-refractivity contribution in [3.8, 4) is 0 Å². The molecule has 0 aliphatic heterocycles. The van der Waals surface area contributed by atoms with Crippen LogP contribution in [0.3, 0.4) is 0 Å². The minimum atomic E-state index is -1.18. The predicted molar refractivity (Wildman–Crippen MR) is 367 cm³/mol. The van der Waals surface area contributed by atoms with E-state index in [-0.39, 0.29) is 16.6 Å². The Kier molecular flexibility index (Phi) is 68.1. The van der Waals surface area contributed by atoms with Crippen LogP contribution < -0.4 is 5.32 Å². The van der Waals surface area contributed by atoms with Crippen LogP contribution in [0.2, 0.25) is 0 Å². The van der Waals surface area contributed by atoms with Crippen molar-refractivity contribution in [2.75, 3.05) is 24.8 Å². The van der Waals surface area contributed by atoms with Crippen LogP contribution in [0.4, 0.5) is 0 Å². The summed E-state index contributed by atoms with van der Waals surface area (Å²) in [5.41, 5.74) is 0.186. The van der Waals surface area contributed by atoms with Crippen molar-refractivity contribution in [2.24, 2.45) is 0 Å². The second kappa shape index (κ2) is 66.2. The minimum absolute atomic E-state index is 0.104. The second-order valence-electron chi connectivity index (χ2n) is 22.8. The van der Waals surface area contributed by atoms with Gasteiger partial charge in [0.1, 0.15) is 5.44 Å². The molecule has 0 aliphatic carbocycles. The van der Waals surface area contributed by atoms with E-state index < -0.39 is 10.2 Å². The minimum Gasteiger partial charge on any atom is -0.378 e. The molecule has 0 bridgehead atoms. The van der Waals surface area contributed by atoms with Gasteiger partial charge in [-0.25, -0.2) is 0 Å². The number of unbranched alkanes of at least 4 members (excludes halogenated alkanes) is 44. The summed E-state index contributed by atoms with van der Waals surface area (Å²) in [6, 6.07) is 0. The Labute approximate surface area is 504 Å². The molecule has 1 amide bonds. The molecule has 456 valence electrons. The molecule has 0 rings (SSSR count). The maximum atomic E-state index is 13.3. The number of nitrogens with one attached hydrogen (secondary N) is 1. The van der Waals surface area contributed by atoms with Gasteiger partial charge < -0.3 is 14.8 Å². The van der Waals surface area contributed by atoms with E-state index in [0.29, 0.717) is 12.0 Å². The smallest absolute Gasteiger partial charge is 0.233 e. The molecule has 0 fully saturated rings. The van der Waals surface area contributed by atoms with Gasteiger partial charge in [-0.15, -0.1) is 22.8 Å². The van der Waals surface area contributed by atoms with Crippen molar-refractivity contribution in [1.29, 1.82) is 0 Å². The van der Waals surface area contributed by atoms with Crippen LogP contribution in [-0.2, 0) is 37.9 Å². The van der Waals surface area contributed by atoms with Crippen molar-refractivity contribution in [3.63, 3.8) is 0 Å². The van der Waals surface area contributed by atoms with Crippen molar-refractivity contribution in [3.05, 3.63) is 0 Å². The normalized spacial score (nSPS) is 13.8. The van der Waals surface area contributed by atoms with Gasteiger partial charge in [0, 0.05) is 29.2 Å². The lowest BCUT2D eigenvalue weighted by atomic mass is 10.0. The van der Waals surface area contributed by atoms with Crippen molar-refractivity contribution < 1.29 is 14.3 Å². The zero-order valence-corrected chi connectivity index (χ0v) is 58.2. The first-order valence-electron chi connectivity index (χ1n) is 33.5. The van der Waals surface area contributed by atoms with Gasteiger partial charge in [-0.2, -0.15) is 0 Å². The molecule has 0 aromatic carbocycles. The van der Waals surface area contributed by atoms with Crippen molar-refractivity contribution >= 4 is 85.2 Å². The Balaban J connectivity index is 4.72. The van der Waals surface area contributed by atoms with E-state index in [0.717, 1.165) is 38.2 Å². The van der Waals surface area contributed by atoms with E-state index in [1.165, 1.54) is 308 Å². The fourth-order valence-electron chi connectivity index (χ4n) is 10.2. The van der Waals surface area contributed by atoms with Gasteiger partial charge in [0.15, 0.2) is 0 Å². The predicted octanol–water partition coefficient (Wildman–Crippen LogP) is 25.1. The average molecular weight is 1220 g/mol. The third kappa shape index (κ3) is 60.7. The first kappa shape index (κ1) is 78.1. The van der Waals surface area contributed by atoms with Crippen LogP contribution >= 0.6 is 55.7 Å². The summed E-state index contributed by atoms with van der Waals surface area (Å²) in [6.45, 7) is 13.0. The molecule has 0 aromatic heterocycles. The lowest BCUT2D eigenvalue weighted by molar-refractivity contribution is -0.119. The molecule has 0 heterocycles. The molecule has 0 aromatic rings. The molecule has 0 saturated carbocycles. The SMILES string of the molecule is CCCCCCCCCCCCCCCOC(CCCCCCCCCCCC)CCS[PH](=S)SC(C)C(=O)NCS[PH](=S)SC(CCCCCCCCCCCCCC)OCCCCCCCCCCCCCCC. The van der Waals surface area contributed by atoms with Gasteiger partial charge >= 0.3 is 0 Å². The second-order valence-corrected chi connectivity index (χ2v) is 41.9. The van der Waals surface area contributed by atoms with Crippen LogP contribution in [0.25, 0.3) is 0 Å². The molecule has 0 spiro atoms. The molecule has 1 N–H and O–H groups in total. The molecule has 0 aliphatic rings. The Morgan fingerprint density at radius 1 is 0.382 bits per heavy atom. The summed E-state index contributed by atoms with van der Waals surface area (Å²) in [4.78, 5) is 13.3. The molecule has 5 unspecified atom stereocenters.